The van der Waals surface area contributed by atoms with Gasteiger partial charge in [0, 0.05) is 28.7 Å². The van der Waals surface area contributed by atoms with Crippen LogP contribution in [0.4, 0.5) is 8.78 Å². The molecule has 0 fully saturated rings. The number of halogens is 2. The van der Waals surface area contributed by atoms with Crippen molar-refractivity contribution in [3.05, 3.63) is 93.6 Å². The van der Waals surface area contributed by atoms with Crippen LogP contribution in [0.1, 0.15) is 32.3 Å². The maximum Gasteiger partial charge on any atom is 0.387 e. The molecule has 4 aromatic rings. The molecule has 0 saturated heterocycles. The third-order valence-corrected chi connectivity index (χ3v) is 5.22. The van der Waals surface area contributed by atoms with Crippen LogP contribution < -0.4 is 10.2 Å². The van der Waals surface area contributed by atoms with E-state index in [2.05, 4.69) is 4.74 Å². The fourth-order valence-corrected chi connectivity index (χ4v) is 3.70. The summed E-state index contributed by atoms with van der Waals surface area (Å²) in [5, 5.41) is 0.330. The molecule has 0 spiro atoms. The van der Waals surface area contributed by atoms with Crippen molar-refractivity contribution in [3.63, 3.8) is 0 Å². The molecule has 2 aromatic heterocycles. The van der Waals surface area contributed by atoms with E-state index in [-0.39, 0.29) is 17.1 Å². The number of ketones is 1. The van der Waals surface area contributed by atoms with Crippen LogP contribution in [-0.4, -0.2) is 29.5 Å². The SMILES string of the molecule is Cc1cc(C(=O)COC(=O)c2cc(=O)c3ccccc3o2)c(C)n1-c1ccc(OC(F)F)cc1. The number of benzene rings is 2. The molecule has 0 unspecified atom stereocenters. The molecule has 2 aromatic carbocycles. The fraction of sp³-hybridized carbons (Fsp3) is 0.160. The monoisotopic (exact) mass is 467 g/mol. The smallest absolute Gasteiger partial charge is 0.387 e. The highest BCUT2D eigenvalue weighted by molar-refractivity contribution is 6.00. The second-order valence-corrected chi connectivity index (χ2v) is 7.46. The topological polar surface area (TPSA) is 87.7 Å². The van der Waals surface area contributed by atoms with Crippen LogP contribution in [0, 0.1) is 13.8 Å². The molecule has 7 nitrogen and oxygen atoms in total. The fourth-order valence-electron chi connectivity index (χ4n) is 3.70. The summed E-state index contributed by atoms with van der Waals surface area (Å²) in [5.41, 5.74) is 2.12. The van der Waals surface area contributed by atoms with E-state index < -0.39 is 30.4 Å². The Morgan fingerprint density at radius 3 is 2.44 bits per heavy atom. The molecule has 0 amide bonds. The van der Waals surface area contributed by atoms with E-state index in [4.69, 9.17) is 9.15 Å². The van der Waals surface area contributed by atoms with E-state index in [1.54, 1.807) is 60.9 Å². The number of carbonyl (C=O) groups is 2. The lowest BCUT2D eigenvalue weighted by atomic mass is 10.1. The summed E-state index contributed by atoms with van der Waals surface area (Å²) < 4.78 is 41.4. The number of aryl methyl sites for hydroxylation is 1. The first-order valence-corrected chi connectivity index (χ1v) is 10.2. The minimum absolute atomic E-state index is 0.0183. The van der Waals surface area contributed by atoms with Gasteiger partial charge in [-0.05, 0) is 56.3 Å². The van der Waals surface area contributed by atoms with E-state index in [0.29, 0.717) is 22.3 Å². The Morgan fingerprint density at radius 1 is 1.03 bits per heavy atom. The Balaban J connectivity index is 1.50. The first-order valence-electron chi connectivity index (χ1n) is 10.2. The minimum atomic E-state index is -2.92. The van der Waals surface area contributed by atoms with Gasteiger partial charge in [0.2, 0.25) is 11.5 Å². The van der Waals surface area contributed by atoms with Crippen LogP contribution in [-0.2, 0) is 4.74 Å². The molecular weight excluding hydrogens is 448 g/mol. The number of nitrogens with zero attached hydrogens (tertiary/aromatic N) is 1. The normalized spacial score (nSPS) is 11.1. The molecule has 0 atom stereocenters. The molecule has 9 heteroatoms. The van der Waals surface area contributed by atoms with Crippen LogP contribution >= 0.6 is 0 Å². The standard InChI is InChI=1S/C25H19F2NO6/c1-14-11-19(15(2)28(14)16-7-9-17(10-8-16)33-25(26)27)21(30)13-32-24(31)23-12-20(29)18-5-3-4-6-22(18)34-23/h3-12,25H,13H2,1-2H3. The molecule has 174 valence electrons. The van der Waals surface area contributed by atoms with Crippen molar-refractivity contribution in [3.8, 4) is 11.4 Å². The molecule has 0 aliphatic rings. The summed E-state index contributed by atoms with van der Waals surface area (Å²) in [6.07, 6.45) is 0. The van der Waals surface area contributed by atoms with Gasteiger partial charge < -0.3 is 18.5 Å². The summed E-state index contributed by atoms with van der Waals surface area (Å²) >= 11 is 0. The number of Topliss-reactive ketones (excluding diaryl/α,β-unsaturated/α-hetero) is 1. The van der Waals surface area contributed by atoms with Crippen molar-refractivity contribution in [2.24, 2.45) is 0 Å². The van der Waals surface area contributed by atoms with Crippen molar-refractivity contribution in [2.45, 2.75) is 20.5 Å². The lowest BCUT2D eigenvalue weighted by Gasteiger charge is -2.11. The van der Waals surface area contributed by atoms with Gasteiger partial charge in [-0.1, -0.05) is 12.1 Å². The van der Waals surface area contributed by atoms with E-state index >= 15 is 0 Å². The number of fused-ring (bicyclic) bond motifs is 1. The van der Waals surface area contributed by atoms with E-state index in [0.717, 1.165) is 11.8 Å². The number of carbonyl (C=O) groups excluding carboxylic acids is 2. The van der Waals surface area contributed by atoms with Gasteiger partial charge in [0.25, 0.3) is 0 Å². The summed E-state index contributed by atoms with van der Waals surface area (Å²) in [6.45, 7) is 0.0215. The van der Waals surface area contributed by atoms with E-state index in [1.165, 1.54) is 12.1 Å². The largest absolute Gasteiger partial charge is 0.451 e. The van der Waals surface area contributed by atoms with E-state index in [9.17, 15) is 23.2 Å². The number of para-hydroxylation sites is 1. The summed E-state index contributed by atoms with van der Waals surface area (Å²) in [4.78, 5) is 37.3. The van der Waals surface area contributed by atoms with Crippen LogP contribution in [0.2, 0.25) is 0 Å². The van der Waals surface area contributed by atoms with Gasteiger partial charge in [-0.25, -0.2) is 4.79 Å². The zero-order valence-electron chi connectivity index (χ0n) is 18.2. The van der Waals surface area contributed by atoms with Gasteiger partial charge in [0.1, 0.15) is 11.3 Å². The average Bonchev–Trinajstić information content (AvgIpc) is 3.11. The third kappa shape index (κ3) is 4.59. The summed E-state index contributed by atoms with van der Waals surface area (Å²) in [5.74, 6) is -1.66. The second-order valence-electron chi connectivity index (χ2n) is 7.46. The molecule has 0 saturated carbocycles. The van der Waals surface area contributed by atoms with Crippen molar-refractivity contribution in [2.75, 3.05) is 6.61 Å². The minimum Gasteiger partial charge on any atom is -0.451 e. The van der Waals surface area contributed by atoms with Crippen LogP contribution in [0.3, 0.4) is 0 Å². The molecule has 4 rings (SSSR count). The second kappa shape index (κ2) is 9.30. The zero-order chi connectivity index (χ0) is 24.4. The number of aromatic nitrogens is 1. The molecule has 2 heterocycles. The van der Waals surface area contributed by atoms with Crippen molar-refractivity contribution < 1.29 is 32.3 Å². The lowest BCUT2D eigenvalue weighted by molar-refractivity contribution is -0.0498. The lowest BCUT2D eigenvalue weighted by Crippen LogP contribution is -2.16. The molecule has 0 radical (unpaired) electrons. The maximum atomic E-state index is 12.8. The summed E-state index contributed by atoms with van der Waals surface area (Å²) in [7, 11) is 0. The van der Waals surface area contributed by atoms with Crippen molar-refractivity contribution in [1.29, 1.82) is 0 Å². The Hall–Kier alpha value is -4.27. The molecule has 0 bridgehead atoms. The number of rotatable bonds is 7. The Bertz CT molecular complexity index is 1440. The number of hydrogen-bond donors (Lipinski definition) is 0. The molecule has 0 aliphatic carbocycles. The van der Waals surface area contributed by atoms with Crippen molar-refractivity contribution in [1.82, 2.24) is 4.57 Å². The highest BCUT2D eigenvalue weighted by Crippen LogP contribution is 2.24. The van der Waals surface area contributed by atoms with Gasteiger partial charge in [0.15, 0.2) is 12.0 Å². The quantitative estimate of drug-likeness (QED) is 0.286. The third-order valence-electron chi connectivity index (χ3n) is 5.22. The summed E-state index contributed by atoms with van der Waals surface area (Å²) in [6, 6.07) is 15.1. The van der Waals surface area contributed by atoms with E-state index in [1.807, 2.05) is 0 Å². The van der Waals surface area contributed by atoms with Crippen LogP contribution in [0.5, 0.6) is 5.75 Å². The Kier molecular flexibility index (Phi) is 6.27. The van der Waals surface area contributed by atoms with Gasteiger partial charge in [-0.15, -0.1) is 0 Å². The van der Waals surface area contributed by atoms with Gasteiger partial charge in [-0.2, -0.15) is 8.78 Å². The van der Waals surface area contributed by atoms with Gasteiger partial charge in [0.05, 0.1) is 5.39 Å². The predicted molar refractivity (Wildman–Crippen MR) is 119 cm³/mol. The molecular formula is C25H19F2NO6. The Morgan fingerprint density at radius 2 is 1.74 bits per heavy atom. The number of ether oxygens (including phenoxy) is 2. The molecule has 0 aliphatic heterocycles. The number of esters is 1. The van der Waals surface area contributed by atoms with Crippen molar-refractivity contribution >= 4 is 22.7 Å². The Labute approximate surface area is 192 Å². The first kappa shape index (κ1) is 22.9. The van der Waals surface area contributed by atoms with Gasteiger partial charge >= 0.3 is 12.6 Å². The molecule has 0 N–H and O–H groups in total. The van der Waals surface area contributed by atoms with Gasteiger partial charge in [-0.3, -0.25) is 9.59 Å². The predicted octanol–water partition coefficient (Wildman–Crippen LogP) is 4.84. The highest BCUT2D eigenvalue weighted by Gasteiger charge is 2.20. The van der Waals surface area contributed by atoms with Crippen LogP contribution in [0.15, 0.2) is 69.9 Å². The zero-order valence-corrected chi connectivity index (χ0v) is 18.2. The molecule has 34 heavy (non-hydrogen) atoms. The number of hydrogen-bond acceptors (Lipinski definition) is 6. The number of alkyl halides is 2. The maximum absolute atomic E-state index is 12.8. The van der Waals surface area contributed by atoms with Crippen LogP contribution in [0.25, 0.3) is 16.7 Å². The average molecular weight is 467 g/mol. The first-order chi connectivity index (χ1) is 16.2. The highest BCUT2D eigenvalue weighted by atomic mass is 19.3.